The van der Waals surface area contributed by atoms with E-state index in [4.69, 9.17) is 4.74 Å². The summed E-state index contributed by atoms with van der Waals surface area (Å²) in [6.45, 7) is 0. The molecule has 1 heterocycles. The third kappa shape index (κ3) is 4.72. The molecule has 150 valence electrons. The van der Waals surface area contributed by atoms with Crippen LogP contribution in [0.25, 0.3) is 0 Å². The average Bonchev–Trinajstić information content (AvgIpc) is 2.67. The second-order valence-corrected chi connectivity index (χ2v) is 8.59. The average molecular weight is 382 g/mol. The minimum absolute atomic E-state index is 0.131. The van der Waals surface area contributed by atoms with Crippen LogP contribution >= 0.6 is 0 Å². The number of alkyl halides is 3. The molecule has 1 unspecified atom stereocenters. The summed E-state index contributed by atoms with van der Waals surface area (Å²) in [6.07, 6.45) is 9.28. The normalized spacial score (nSPS) is 29.7. The van der Waals surface area contributed by atoms with E-state index in [1.54, 1.807) is 6.07 Å². The number of ether oxygens (including phenoxy) is 2. The highest BCUT2D eigenvalue weighted by molar-refractivity contribution is 5.42. The Morgan fingerprint density at radius 3 is 2.19 bits per heavy atom. The van der Waals surface area contributed by atoms with Crippen LogP contribution in [-0.2, 0) is 6.42 Å². The minimum Gasteiger partial charge on any atom is -0.490 e. The summed E-state index contributed by atoms with van der Waals surface area (Å²) < 4.78 is 47.6. The molecule has 3 aliphatic rings. The van der Waals surface area contributed by atoms with E-state index in [2.05, 4.69) is 4.74 Å². The zero-order valence-corrected chi connectivity index (χ0v) is 15.8. The first kappa shape index (κ1) is 18.9. The molecule has 0 bridgehead atoms. The highest BCUT2D eigenvalue weighted by Crippen LogP contribution is 2.43. The Morgan fingerprint density at radius 1 is 0.815 bits per heavy atom. The molecule has 0 N–H and O–H groups in total. The van der Waals surface area contributed by atoms with Gasteiger partial charge in [-0.2, -0.15) is 0 Å². The van der Waals surface area contributed by atoms with Crippen LogP contribution in [0.4, 0.5) is 13.2 Å². The molecule has 1 aromatic carbocycles. The van der Waals surface area contributed by atoms with Gasteiger partial charge in [0.1, 0.15) is 17.6 Å². The molecule has 0 amide bonds. The number of halogens is 3. The molecule has 0 radical (unpaired) electrons. The van der Waals surface area contributed by atoms with Gasteiger partial charge in [-0.25, -0.2) is 0 Å². The predicted molar refractivity (Wildman–Crippen MR) is 97.9 cm³/mol. The lowest BCUT2D eigenvalue weighted by atomic mass is 9.69. The summed E-state index contributed by atoms with van der Waals surface area (Å²) in [7, 11) is 0. The predicted octanol–water partition coefficient (Wildman–Crippen LogP) is 6.67. The summed E-state index contributed by atoms with van der Waals surface area (Å²) in [5, 5.41) is 0. The van der Waals surface area contributed by atoms with E-state index in [1.165, 1.54) is 69.9 Å². The molecule has 2 saturated carbocycles. The van der Waals surface area contributed by atoms with Crippen LogP contribution < -0.4 is 9.47 Å². The van der Waals surface area contributed by atoms with E-state index in [9.17, 15) is 13.2 Å². The summed E-state index contributed by atoms with van der Waals surface area (Å²) >= 11 is 0. The Labute approximate surface area is 159 Å². The molecular weight excluding hydrogens is 353 g/mol. The van der Waals surface area contributed by atoms with Gasteiger partial charge in [-0.15, -0.1) is 13.2 Å². The molecule has 2 fully saturated rings. The van der Waals surface area contributed by atoms with Gasteiger partial charge < -0.3 is 9.47 Å². The molecule has 4 rings (SSSR count). The Morgan fingerprint density at radius 2 is 1.48 bits per heavy atom. The van der Waals surface area contributed by atoms with Crippen molar-refractivity contribution < 1.29 is 22.6 Å². The van der Waals surface area contributed by atoms with Crippen LogP contribution in [0.15, 0.2) is 18.2 Å². The van der Waals surface area contributed by atoms with E-state index in [-0.39, 0.29) is 11.9 Å². The maximum absolute atomic E-state index is 12.5. The van der Waals surface area contributed by atoms with Crippen LogP contribution in [0.3, 0.4) is 0 Å². The number of benzene rings is 1. The minimum atomic E-state index is -4.67. The molecule has 0 aromatic heterocycles. The first-order chi connectivity index (χ1) is 13.0. The standard InChI is InChI=1S/C22H29F3O2/c23-22(24,25)27-19-12-10-18-11-13-20(26-21(18)14-19)17-8-6-16(7-9-17)15-4-2-1-3-5-15/h10,12,14-17,20H,1-9,11,13H2. The molecule has 5 heteroatoms. The van der Waals surface area contributed by atoms with Gasteiger partial charge >= 0.3 is 6.36 Å². The molecule has 0 saturated heterocycles. The fraction of sp³-hybridized carbons (Fsp3) is 0.727. The Balaban J connectivity index is 1.35. The van der Waals surface area contributed by atoms with Gasteiger partial charge in [0, 0.05) is 6.07 Å². The lowest BCUT2D eigenvalue weighted by Crippen LogP contribution is -2.35. The Bertz CT molecular complexity index is 629. The van der Waals surface area contributed by atoms with Crippen molar-refractivity contribution in [3.05, 3.63) is 23.8 Å². The van der Waals surface area contributed by atoms with Gasteiger partial charge in [0.25, 0.3) is 0 Å². The number of hydrogen-bond acceptors (Lipinski definition) is 2. The maximum atomic E-state index is 12.5. The lowest BCUT2D eigenvalue weighted by Gasteiger charge is -2.39. The fourth-order valence-electron chi connectivity index (χ4n) is 5.49. The fourth-order valence-corrected chi connectivity index (χ4v) is 5.49. The molecule has 1 aliphatic heterocycles. The number of aryl methyl sites for hydroxylation is 1. The Hall–Kier alpha value is -1.39. The molecule has 2 aliphatic carbocycles. The summed E-state index contributed by atoms with van der Waals surface area (Å²) in [6, 6.07) is 4.49. The van der Waals surface area contributed by atoms with Crippen LogP contribution in [0, 0.1) is 17.8 Å². The lowest BCUT2D eigenvalue weighted by molar-refractivity contribution is -0.274. The molecule has 27 heavy (non-hydrogen) atoms. The summed E-state index contributed by atoms with van der Waals surface area (Å²) in [5.74, 6) is 2.72. The summed E-state index contributed by atoms with van der Waals surface area (Å²) in [5.41, 5.74) is 0.983. The molecule has 0 spiro atoms. The second kappa shape index (κ2) is 7.92. The highest BCUT2D eigenvalue weighted by atomic mass is 19.4. The zero-order chi connectivity index (χ0) is 18.9. The smallest absolute Gasteiger partial charge is 0.490 e. The maximum Gasteiger partial charge on any atom is 0.573 e. The topological polar surface area (TPSA) is 18.5 Å². The molecule has 2 nitrogen and oxygen atoms in total. The number of fused-ring (bicyclic) bond motifs is 1. The van der Waals surface area contributed by atoms with E-state index < -0.39 is 6.36 Å². The van der Waals surface area contributed by atoms with Gasteiger partial charge in [0.2, 0.25) is 0 Å². The van der Waals surface area contributed by atoms with E-state index >= 15 is 0 Å². The van der Waals surface area contributed by atoms with Gasteiger partial charge in [0.15, 0.2) is 0 Å². The third-order valence-corrected chi connectivity index (χ3v) is 6.91. The molecule has 1 aromatic rings. The zero-order valence-electron chi connectivity index (χ0n) is 15.8. The van der Waals surface area contributed by atoms with Crippen molar-refractivity contribution in [2.45, 2.75) is 83.1 Å². The van der Waals surface area contributed by atoms with Gasteiger partial charge in [0.05, 0.1) is 0 Å². The third-order valence-electron chi connectivity index (χ3n) is 6.91. The SMILES string of the molecule is FC(F)(F)Oc1ccc2c(c1)OC(C1CCC(C3CCCCC3)CC1)CC2. The van der Waals surface area contributed by atoms with Gasteiger partial charge in [-0.05, 0) is 67.9 Å². The molecule has 1 atom stereocenters. The van der Waals surface area contributed by atoms with E-state index in [0.29, 0.717) is 11.7 Å². The van der Waals surface area contributed by atoms with Crippen LogP contribution in [-0.4, -0.2) is 12.5 Å². The Kier molecular flexibility index (Phi) is 5.56. The van der Waals surface area contributed by atoms with Gasteiger partial charge in [-0.3, -0.25) is 0 Å². The van der Waals surface area contributed by atoms with Crippen molar-refractivity contribution in [1.29, 1.82) is 0 Å². The number of hydrogen-bond donors (Lipinski definition) is 0. The van der Waals surface area contributed by atoms with Crippen molar-refractivity contribution >= 4 is 0 Å². The quantitative estimate of drug-likeness (QED) is 0.581. The van der Waals surface area contributed by atoms with E-state index in [1.807, 2.05) is 0 Å². The van der Waals surface area contributed by atoms with Crippen molar-refractivity contribution in [1.82, 2.24) is 0 Å². The van der Waals surface area contributed by atoms with Crippen LogP contribution in [0.1, 0.15) is 69.8 Å². The van der Waals surface area contributed by atoms with Gasteiger partial charge in [-0.1, -0.05) is 38.2 Å². The van der Waals surface area contributed by atoms with E-state index in [0.717, 1.165) is 30.2 Å². The van der Waals surface area contributed by atoms with Crippen molar-refractivity contribution in [2.75, 3.05) is 0 Å². The highest BCUT2D eigenvalue weighted by Gasteiger charge is 2.35. The second-order valence-electron chi connectivity index (χ2n) is 8.59. The van der Waals surface area contributed by atoms with Crippen molar-refractivity contribution in [3.63, 3.8) is 0 Å². The van der Waals surface area contributed by atoms with Crippen molar-refractivity contribution in [3.8, 4) is 11.5 Å². The number of rotatable bonds is 3. The first-order valence-corrected chi connectivity index (χ1v) is 10.5. The van der Waals surface area contributed by atoms with Crippen LogP contribution in [0.2, 0.25) is 0 Å². The largest absolute Gasteiger partial charge is 0.573 e. The first-order valence-electron chi connectivity index (χ1n) is 10.5. The monoisotopic (exact) mass is 382 g/mol. The summed E-state index contributed by atoms with van der Waals surface area (Å²) in [4.78, 5) is 0. The van der Waals surface area contributed by atoms with Crippen LogP contribution in [0.5, 0.6) is 11.5 Å². The molecular formula is C22H29F3O2. The van der Waals surface area contributed by atoms with Crippen molar-refractivity contribution in [2.24, 2.45) is 17.8 Å².